The van der Waals surface area contributed by atoms with E-state index >= 15 is 0 Å². The summed E-state index contributed by atoms with van der Waals surface area (Å²) in [6, 6.07) is 4.36. The summed E-state index contributed by atoms with van der Waals surface area (Å²) in [5.74, 6) is -0.508. The van der Waals surface area contributed by atoms with Crippen molar-refractivity contribution >= 4 is 38.9 Å². The summed E-state index contributed by atoms with van der Waals surface area (Å²) >= 11 is 5.77. The normalized spacial score (nSPS) is 21.1. The van der Waals surface area contributed by atoms with Crippen LogP contribution in [0.4, 0.5) is 11.4 Å². The highest BCUT2D eigenvalue weighted by Gasteiger charge is 2.61. The van der Waals surface area contributed by atoms with E-state index in [1.165, 1.54) is 32.0 Å². The molecule has 1 aromatic carbocycles. The van der Waals surface area contributed by atoms with Crippen LogP contribution in [-0.2, 0) is 14.8 Å². The molecule has 1 aromatic rings. The molecule has 0 spiro atoms. The molecule has 2 rings (SSSR count). The molecule has 1 saturated heterocycles. The number of nitrogens with two attached hydrogens (primary N) is 1. The maximum Gasteiger partial charge on any atom is 0.263 e. The van der Waals surface area contributed by atoms with Gasteiger partial charge in [-0.3, -0.25) is 4.79 Å². The summed E-state index contributed by atoms with van der Waals surface area (Å²) in [6.07, 6.45) is 0. The van der Waals surface area contributed by atoms with Crippen molar-refractivity contribution in [2.24, 2.45) is 0 Å². The minimum Gasteiger partial charge on any atom is -0.397 e. The standard InChI is InChI=1S/C10H11ClN2O3S/c1-10(2)9(14)13(17(10,15)16)8-5-6(11)3-4-7(8)12/h3-5H,12H2,1-2H3. The highest BCUT2D eigenvalue weighted by molar-refractivity contribution is 7.98. The molecule has 0 atom stereocenters. The molecule has 1 aliphatic rings. The molecule has 0 saturated carbocycles. The Labute approximate surface area is 104 Å². The third-order valence-corrected chi connectivity index (χ3v) is 5.34. The number of nitrogens with zero attached hydrogens (tertiary/aromatic N) is 1. The average Bonchev–Trinajstić information content (AvgIpc) is 2.22. The predicted molar refractivity (Wildman–Crippen MR) is 66.3 cm³/mol. The van der Waals surface area contributed by atoms with Gasteiger partial charge in [0.1, 0.15) is 0 Å². The maximum absolute atomic E-state index is 12.0. The van der Waals surface area contributed by atoms with Gasteiger partial charge in [0.15, 0.2) is 4.75 Å². The number of sulfonamides is 1. The summed E-state index contributed by atoms with van der Waals surface area (Å²) < 4.78 is 23.2. The van der Waals surface area contributed by atoms with Crippen molar-refractivity contribution in [3.05, 3.63) is 23.2 Å². The first-order valence-corrected chi connectivity index (χ1v) is 6.66. The van der Waals surface area contributed by atoms with E-state index in [-0.39, 0.29) is 11.4 Å². The van der Waals surface area contributed by atoms with E-state index in [0.29, 0.717) is 9.33 Å². The molecule has 0 aliphatic carbocycles. The minimum atomic E-state index is -3.70. The van der Waals surface area contributed by atoms with Gasteiger partial charge in [0, 0.05) is 5.02 Å². The first-order chi connectivity index (χ1) is 7.69. The van der Waals surface area contributed by atoms with Gasteiger partial charge in [0.25, 0.3) is 15.9 Å². The van der Waals surface area contributed by atoms with E-state index in [1.807, 2.05) is 0 Å². The second-order valence-corrected chi connectivity index (χ2v) is 7.06. The number of amides is 1. The molecule has 0 radical (unpaired) electrons. The summed E-state index contributed by atoms with van der Waals surface area (Å²) in [4.78, 5) is 11.8. The Morgan fingerprint density at radius 1 is 1.35 bits per heavy atom. The number of rotatable bonds is 1. The van der Waals surface area contributed by atoms with Gasteiger partial charge < -0.3 is 5.73 Å². The third-order valence-electron chi connectivity index (χ3n) is 2.80. The maximum atomic E-state index is 12.0. The van der Waals surface area contributed by atoms with Crippen LogP contribution in [-0.4, -0.2) is 19.1 Å². The van der Waals surface area contributed by atoms with E-state index in [9.17, 15) is 13.2 Å². The number of carbonyl (C=O) groups excluding carboxylic acids is 1. The molecule has 1 amide bonds. The SMILES string of the molecule is CC1(C)C(=O)N(c2cc(Cl)ccc2N)S1(=O)=O. The number of hydrogen-bond donors (Lipinski definition) is 1. The van der Waals surface area contributed by atoms with E-state index in [4.69, 9.17) is 17.3 Å². The Kier molecular flexibility index (Phi) is 2.41. The minimum absolute atomic E-state index is 0.113. The van der Waals surface area contributed by atoms with Gasteiger partial charge in [0.2, 0.25) is 0 Å². The first-order valence-electron chi connectivity index (χ1n) is 4.84. The summed E-state index contributed by atoms with van der Waals surface area (Å²) in [7, 11) is -3.70. The van der Waals surface area contributed by atoms with Crippen LogP contribution >= 0.6 is 11.6 Å². The molecule has 2 N–H and O–H groups in total. The molecule has 92 valence electrons. The second-order valence-electron chi connectivity index (χ2n) is 4.29. The molecule has 1 aliphatic heterocycles. The monoisotopic (exact) mass is 274 g/mol. The highest BCUT2D eigenvalue weighted by Crippen LogP contribution is 2.42. The van der Waals surface area contributed by atoms with Crippen LogP contribution in [0.2, 0.25) is 5.02 Å². The molecule has 0 bridgehead atoms. The van der Waals surface area contributed by atoms with Crippen LogP contribution in [0.25, 0.3) is 0 Å². The molecule has 1 fully saturated rings. The summed E-state index contributed by atoms with van der Waals surface area (Å²) in [5.41, 5.74) is 5.96. The fourth-order valence-electron chi connectivity index (χ4n) is 1.58. The van der Waals surface area contributed by atoms with E-state index < -0.39 is 20.7 Å². The van der Waals surface area contributed by atoms with Gasteiger partial charge in [0.05, 0.1) is 11.4 Å². The molecule has 0 unspecified atom stereocenters. The van der Waals surface area contributed by atoms with Crippen LogP contribution < -0.4 is 10.0 Å². The fourth-order valence-corrected chi connectivity index (χ4v) is 3.25. The van der Waals surface area contributed by atoms with E-state index in [1.54, 1.807) is 0 Å². The zero-order valence-electron chi connectivity index (χ0n) is 9.27. The van der Waals surface area contributed by atoms with Gasteiger partial charge in [-0.15, -0.1) is 0 Å². The molecule has 7 heteroatoms. The van der Waals surface area contributed by atoms with Crippen LogP contribution in [0.15, 0.2) is 18.2 Å². The number of nitrogen functional groups attached to an aromatic ring is 1. The largest absolute Gasteiger partial charge is 0.397 e. The van der Waals surface area contributed by atoms with Gasteiger partial charge >= 0.3 is 0 Å². The topological polar surface area (TPSA) is 80.5 Å². The van der Waals surface area contributed by atoms with Gasteiger partial charge in [-0.2, -0.15) is 0 Å². The molecule has 0 aromatic heterocycles. The Bertz CT molecular complexity index is 610. The number of halogens is 1. The van der Waals surface area contributed by atoms with Gasteiger partial charge in [-0.05, 0) is 32.0 Å². The molecular weight excluding hydrogens is 264 g/mol. The van der Waals surface area contributed by atoms with Crippen LogP contribution in [0, 0.1) is 0 Å². The second kappa shape index (κ2) is 3.36. The van der Waals surface area contributed by atoms with Crippen molar-refractivity contribution in [1.82, 2.24) is 0 Å². The lowest BCUT2D eigenvalue weighted by molar-refractivity contribution is -0.120. The van der Waals surface area contributed by atoms with Crippen LogP contribution in [0.1, 0.15) is 13.8 Å². The summed E-state index contributed by atoms with van der Waals surface area (Å²) in [6.45, 7) is 2.73. The van der Waals surface area contributed by atoms with Crippen LogP contribution in [0.5, 0.6) is 0 Å². The number of hydrogen-bond acceptors (Lipinski definition) is 4. The van der Waals surface area contributed by atoms with Crippen molar-refractivity contribution in [1.29, 1.82) is 0 Å². The van der Waals surface area contributed by atoms with Crippen LogP contribution in [0.3, 0.4) is 0 Å². The zero-order chi connectivity index (χ0) is 13.0. The van der Waals surface area contributed by atoms with Crippen molar-refractivity contribution in [3.8, 4) is 0 Å². The lowest BCUT2D eigenvalue weighted by Gasteiger charge is -2.43. The Morgan fingerprint density at radius 2 is 1.94 bits per heavy atom. The lowest BCUT2D eigenvalue weighted by Crippen LogP contribution is -2.67. The van der Waals surface area contributed by atoms with Gasteiger partial charge in [-0.1, -0.05) is 11.6 Å². The zero-order valence-corrected chi connectivity index (χ0v) is 10.8. The smallest absolute Gasteiger partial charge is 0.263 e. The van der Waals surface area contributed by atoms with Gasteiger partial charge in [-0.25, -0.2) is 12.7 Å². The first kappa shape index (κ1) is 12.2. The number of carbonyl (C=O) groups is 1. The molecule has 17 heavy (non-hydrogen) atoms. The molecular formula is C10H11ClN2O3S. The van der Waals surface area contributed by atoms with E-state index in [0.717, 1.165) is 0 Å². The van der Waals surface area contributed by atoms with Crippen molar-refractivity contribution < 1.29 is 13.2 Å². The third kappa shape index (κ3) is 1.44. The molecule has 1 heterocycles. The Balaban J connectivity index is 2.58. The average molecular weight is 275 g/mol. The highest BCUT2D eigenvalue weighted by atomic mass is 35.5. The van der Waals surface area contributed by atoms with Crippen molar-refractivity contribution in [2.45, 2.75) is 18.6 Å². The number of anilines is 2. The Hall–Kier alpha value is -1.27. The Morgan fingerprint density at radius 3 is 2.47 bits per heavy atom. The quantitative estimate of drug-likeness (QED) is 0.785. The predicted octanol–water partition coefficient (Wildman–Crippen LogP) is 1.38. The van der Waals surface area contributed by atoms with E-state index in [2.05, 4.69) is 0 Å². The number of benzene rings is 1. The van der Waals surface area contributed by atoms with Crippen molar-refractivity contribution in [3.63, 3.8) is 0 Å². The lowest BCUT2D eigenvalue weighted by atomic mass is 10.1. The van der Waals surface area contributed by atoms with Crippen molar-refractivity contribution in [2.75, 3.05) is 10.0 Å². The molecule has 5 nitrogen and oxygen atoms in total. The summed E-state index contributed by atoms with van der Waals surface area (Å²) in [5, 5.41) is 0.321. The fraction of sp³-hybridized carbons (Fsp3) is 0.300.